The van der Waals surface area contributed by atoms with Crippen LogP contribution in [0.4, 0.5) is 0 Å². The molecule has 0 aromatic heterocycles. The summed E-state index contributed by atoms with van der Waals surface area (Å²) >= 11 is 0. The van der Waals surface area contributed by atoms with E-state index < -0.39 is 0 Å². The minimum Gasteiger partial charge on any atom is -0.494 e. The average molecular weight is 203 g/mol. The maximum Gasteiger partial charge on any atom is 0.119 e. The standard InChI is InChI=1S/C14H19O/c1-4-15-14-8-12(10(2)3)7-13(9-14)11-5-6-11/h7-9,11H,4-6H2,1-3H3. The van der Waals surface area contributed by atoms with Crippen molar-refractivity contribution in [3.05, 3.63) is 35.2 Å². The molecule has 0 aliphatic heterocycles. The van der Waals surface area contributed by atoms with Crippen LogP contribution >= 0.6 is 0 Å². The van der Waals surface area contributed by atoms with Crippen LogP contribution < -0.4 is 4.74 Å². The molecular formula is C14H19O. The fourth-order valence-electron chi connectivity index (χ4n) is 1.81. The van der Waals surface area contributed by atoms with Crippen molar-refractivity contribution in [3.8, 4) is 5.75 Å². The lowest BCUT2D eigenvalue weighted by Gasteiger charge is -2.11. The Morgan fingerprint density at radius 2 is 2.00 bits per heavy atom. The summed E-state index contributed by atoms with van der Waals surface area (Å²) in [4.78, 5) is 0. The molecule has 15 heavy (non-hydrogen) atoms. The van der Waals surface area contributed by atoms with Gasteiger partial charge in [-0.3, -0.25) is 0 Å². The molecule has 0 unspecified atom stereocenters. The van der Waals surface area contributed by atoms with Crippen LogP contribution in [0.3, 0.4) is 0 Å². The largest absolute Gasteiger partial charge is 0.494 e. The Bertz CT molecular complexity index is 317. The van der Waals surface area contributed by atoms with Gasteiger partial charge in [0, 0.05) is 0 Å². The molecule has 0 amide bonds. The van der Waals surface area contributed by atoms with Gasteiger partial charge in [-0.05, 0) is 54.9 Å². The molecule has 1 aliphatic carbocycles. The van der Waals surface area contributed by atoms with Crippen molar-refractivity contribution >= 4 is 0 Å². The van der Waals surface area contributed by atoms with Crippen molar-refractivity contribution < 1.29 is 4.74 Å². The van der Waals surface area contributed by atoms with Gasteiger partial charge in [-0.2, -0.15) is 0 Å². The van der Waals surface area contributed by atoms with E-state index in [0.717, 1.165) is 18.3 Å². The lowest BCUT2D eigenvalue weighted by molar-refractivity contribution is 0.339. The second-order valence-electron chi connectivity index (χ2n) is 4.50. The first-order valence-electron chi connectivity index (χ1n) is 5.79. The van der Waals surface area contributed by atoms with Crippen molar-refractivity contribution in [1.82, 2.24) is 0 Å². The van der Waals surface area contributed by atoms with Gasteiger partial charge < -0.3 is 4.74 Å². The average Bonchev–Trinajstić information content (AvgIpc) is 3.01. The summed E-state index contributed by atoms with van der Waals surface area (Å²) in [5.41, 5.74) is 2.78. The van der Waals surface area contributed by atoms with Crippen LogP contribution in [0.25, 0.3) is 0 Å². The van der Waals surface area contributed by atoms with Crippen molar-refractivity contribution in [3.63, 3.8) is 0 Å². The zero-order valence-electron chi connectivity index (χ0n) is 9.84. The van der Waals surface area contributed by atoms with E-state index in [-0.39, 0.29) is 0 Å². The second kappa shape index (κ2) is 4.26. The first-order valence-corrected chi connectivity index (χ1v) is 5.79. The first kappa shape index (κ1) is 10.5. The van der Waals surface area contributed by atoms with E-state index in [1.807, 2.05) is 6.92 Å². The highest BCUT2D eigenvalue weighted by Crippen LogP contribution is 2.42. The van der Waals surface area contributed by atoms with Crippen LogP contribution in [-0.4, -0.2) is 6.61 Å². The van der Waals surface area contributed by atoms with Crippen LogP contribution in [0.1, 0.15) is 50.7 Å². The maximum atomic E-state index is 5.60. The van der Waals surface area contributed by atoms with E-state index in [1.165, 1.54) is 29.9 Å². The molecule has 0 spiro atoms. The molecule has 1 radical (unpaired) electrons. The summed E-state index contributed by atoms with van der Waals surface area (Å²) in [5, 5.41) is 0. The molecule has 1 aromatic carbocycles. The van der Waals surface area contributed by atoms with Crippen LogP contribution in [-0.2, 0) is 0 Å². The van der Waals surface area contributed by atoms with E-state index in [9.17, 15) is 0 Å². The molecule has 1 fully saturated rings. The predicted molar refractivity (Wildman–Crippen MR) is 63.3 cm³/mol. The van der Waals surface area contributed by atoms with Gasteiger partial charge in [0.2, 0.25) is 0 Å². The fourth-order valence-corrected chi connectivity index (χ4v) is 1.81. The topological polar surface area (TPSA) is 9.23 Å². The number of benzene rings is 1. The molecule has 1 aromatic rings. The van der Waals surface area contributed by atoms with Gasteiger partial charge >= 0.3 is 0 Å². The Morgan fingerprint density at radius 3 is 2.53 bits per heavy atom. The minimum absolute atomic E-state index is 0.746. The summed E-state index contributed by atoms with van der Waals surface area (Å²) in [6.45, 7) is 7.09. The Labute approximate surface area is 92.5 Å². The van der Waals surface area contributed by atoms with E-state index in [4.69, 9.17) is 4.74 Å². The summed E-state index contributed by atoms with van der Waals surface area (Å²) in [7, 11) is 0. The van der Waals surface area contributed by atoms with Crippen LogP contribution in [0.2, 0.25) is 0 Å². The van der Waals surface area contributed by atoms with Gasteiger partial charge in [-0.1, -0.05) is 19.9 Å². The molecular weight excluding hydrogens is 184 g/mol. The first-order chi connectivity index (χ1) is 7.20. The van der Waals surface area contributed by atoms with Gasteiger partial charge in [0.15, 0.2) is 0 Å². The van der Waals surface area contributed by atoms with Gasteiger partial charge in [-0.25, -0.2) is 0 Å². The fraction of sp³-hybridized carbons (Fsp3) is 0.500. The molecule has 0 bridgehead atoms. The second-order valence-corrected chi connectivity index (χ2v) is 4.50. The van der Waals surface area contributed by atoms with Gasteiger partial charge in [0.25, 0.3) is 0 Å². The molecule has 1 aliphatic rings. The molecule has 2 rings (SSSR count). The lowest BCUT2D eigenvalue weighted by atomic mass is 9.98. The SMILES string of the molecule is CCOc1cc([C](C)C)cc(C2CC2)c1. The zero-order chi connectivity index (χ0) is 10.8. The summed E-state index contributed by atoms with van der Waals surface area (Å²) in [5.74, 6) is 3.18. The Hall–Kier alpha value is -0.980. The number of hydrogen-bond donors (Lipinski definition) is 0. The third kappa shape index (κ3) is 2.53. The van der Waals surface area contributed by atoms with Gasteiger partial charge in [-0.15, -0.1) is 0 Å². The predicted octanol–water partition coefficient (Wildman–Crippen LogP) is 3.93. The van der Waals surface area contributed by atoms with E-state index in [0.29, 0.717) is 0 Å². The van der Waals surface area contributed by atoms with E-state index in [1.54, 1.807) is 0 Å². The van der Waals surface area contributed by atoms with Crippen LogP contribution in [0, 0.1) is 5.92 Å². The summed E-state index contributed by atoms with van der Waals surface area (Å²) in [6, 6.07) is 6.66. The van der Waals surface area contributed by atoms with Gasteiger partial charge in [0.05, 0.1) is 6.61 Å². The molecule has 0 N–H and O–H groups in total. The number of ether oxygens (including phenoxy) is 1. The van der Waals surface area contributed by atoms with Crippen LogP contribution in [0.5, 0.6) is 5.75 Å². The van der Waals surface area contributed by atoms with E-state index in [2.05, 4.69) is 32.0 Å². The van der Waals surface area contributed by atoms with Crippen molar-refractivity contribution in [2.24, 2.45) is 0 Å². The summed E-state index contributed by atoms with van der Waals surface area (Å²) in [6.07, 6.45) is 2.69. The maximum absolute atomic E-state index is 5.60. The lowest BCUT2D eigenvalue weighted by Crippen LogP contribution is -1.96. The molecule has 0 saturated heterocycles. The number of rotatable bonds is 4. The normalized spacial score (nSPS) is 15.7. The van der Waals surface area contributed by atoms with Crippen molar-refractivity contribution in [1.29, 1.82) is 0 Å². The van der Waals surface area contributed by atoms with Gasteiger partial charge in [0.1, 0.15) is 5.75 Å². The highest BCUT2D eigenvalue weighted by molar-refractivity contribution is 5.42. The quantitative estimate of drug-likeness (QED) is 0.720. The Kier molecular flexibility index (Phi) is 2.99. The minimum atomic E-state index is 0.746. The zero-order valence-corrected chi connectivity index (χ0v) is 9.84. The molecule has 1 nitrogen and oxygen atoms in total. The monoisotopic (exact) mass is 203 g/mol. The molecule has 1 heteroatoms. The highest BCUT2D eigenvalue weighted by Gasteiger charge is 2.24. The summed E-state index contributed by atoms with van der Waals surface area (Å²) < 4.78 is 5.60. The number of hydrogen-bond acceptors (Lipinski definition) is 1. The van der Waals surface area contributed by atoms with Crippen molar-refractivity contribution in [2.75, 3.05) is 6.61 Å². The van der Waals surface area contributed by atoms with E-state index >= 15 is 0 Å². The highest BCUT2D eigenvalue weighted by atomic mass is 16.5. The third-order valence-electron chi connectivity index (χ3n) is 2.87. The smallest absolute Gasteiger partial charge is 0.119 e. The van der Waals surface area contributed by atoms with Crippen LogP contribution in [0.15, 0.2) is 18.2 Å². The molecule has 0 heterocycles. The Balaban J connectivity index is 2.30. The third-order valence-corrected chi connectivity index (χ3v) is 2.87. The molecule has 81 valence electrons. The Morgan fingerprint density at radius 1 is 1.27 bits per heavy atom. The van der Waals surface area contributed by atoms with Crippen molar-refractivity contribution in [2.45, 2.75) is 39.5 Å². The molecule has 0 atom stereocenters. The molecule has 1 saturated carbocycles.